The summed E-state index contributed by atoms with van der Waals surface area (Å²) >= 11 is 0. The van der Waals surface area contributed by atoms with Crippen LogP contribution in [0.1, 0.15) is 39.7 Å². The molecular formula is C34H34O6. The minimum absolute atomic E-state index is 0.0666. The summed E-state index contributed by atoms with van der Waals surface area (Å²) in [5.41, 5.74) is 6.55. The van der Waals surface area contributed by atoms with Gasteiger partial charge in [0, 0.05) is 29.5 Å². The van der Waals surface area contributed by atoms with E-state index >= 15 is 0 Å². The third-order valence-corrected chi connectivity index (χ3v) is 7.51. The van der Waals surface area contributed by atoms with Crippen molar-refractivity contribution in [3.63, 3.8) is 0 Å². The van der Waals surface area contributed by atoms with Gasteiger partial charge in [-0.3, -0.25) is 0 Å². The Kier molecular flexibility index (Phi) is 7.87. The number of hydrogen-bond donors (Lipinski definition) is 0. The van der Waals surface area contributed by atoms with E-state index < -0.39 is 0 Å². The van der Waals surface area contributed by atoms with Gasteiger partial charge in [0.15, 0.2) is 0 Å². The first-order valence-corrected chi connectivity index (χ1v) is 13.0. The third-order valence-electron chi connectivity index (χ3n) is 7.51. The highest BCUT2D eigenvalue weighted by atomic mass is 16.5. The predicted molar refractivity (Wildman–Crippen MR) is 158 cm³/mol. The molecule has 0 fully saturated rings. The van der Waals surface area contributed by atoms with Crippen molar-refractivity contribution in [2.45, 2.75) is 11.8 Å². The average molecular weight is 539 g/mol. The first kappa shape index (κ1) is 27.0. The van der Waals surface area contributed by atoms with Crippen LogP contribution in [-0.2, 0) is 0 Å². The molecule has 0 amide bonds. The fourth-order valence-corrected chi connectivity index (χ4v) is 5.56. The third kappa shape index (κ3) is 5.05. The van der Waals surface area contributed by atoms with Gasteiger partial charge in [-0.2, -0.15) is 0 Å². The lowest BCUT2D eigenvalue weighted by Gasteiger charge is -2.25. The highest BCUT2D eigenvalue weighted by molar-refractivity contribution is 5.93. The largest absolute Gasteiger partial charge is 0.497 e. The van der Waals surface area contributed by atoms with Crippen molar-refractivity contribution in [1.82, 2.24) is 0 Å². The van der Waals surface area contributed by atoms with Crippen LogP contribution in [0.4, 0.5) is 0 Å². The van der Waals surface area contributed by atoms with Crippen molar-refractivity contribution in [3.05, 3.63) is 107 Å². The number of hydrogen-bond acceptors (Lipinski definition) is 6. The molecule has 0 aliphatic heterocycles. The van der Waals surface area contributed by atoms with Gasteiger partial charge in [-0.1, -0.05) is 30.3 Å². The zero-order valence-electron chi connectivity index (χ0n) is 23.7. The monoisotopic (exact) mass is 538 g/mol. The summed E-state index contributed by atoms with van der Waals surface area (Å²) in [6.45, 7) is 0. The fraction of sp³-hybridized carbons (Fsp3) is 0.235. The lowest BCUT2D eigenvalue weighted by atomic mass is 9.79. The van der Waals surface area contributed by atoms with E-state index in [1.54, 1.807) is 42.7 Å². The van der Waals surface area contributed by atoms with Crippen molar-refractivity contribution < 1.29 is 28.4 Å². The molecule has 0 saturated carbocycles. The smallest absolute Gasteiger partial charge is 0.127 e. The maximum atomic E-state index is 6.00. The van der Waals surface area contributed by atoms with Crippen molar-refractivity contribution in [2.75, 3.05) is 42.7 Å². The summed E-state index contributed by atoms with van der Waals surface area (Å²) in [6, 6.07) is 26.4. The van der Waals surface area contributed by atoms with E-state index in [4.69, 9.17) is 28.4 Å². The molecule has 1 aliphatic carbocycles. The molecule has 0 spiro atoms. The molecule has 6 nitrogen and oxygen atoms in total. The zero-order chi connectivity index (χ0) is 28.2. The predicted octanol–water partition coefficient (Wildman–Crippen LogP) is 7.21. The van der Waals surface area contributed by atoms with Gasteiger partial charge >= 0.3 is 0 Å². The van der Waals surface area contributed by atoms with E-state index in [0.717, 1.165) is 67.9 Å². The Bertz CT molecular complexity index is 1480. The molecule has 206 valence electrons. The maximum absolute atomic E-state index is 6.00. The highest BCUT2D eigenvalue weighted by Crippen LogP contribution is 2.59. The molecule has 0 bridgehead atoms. The van der Waals surface area contributed by atoms with Gasteiger partial charge < -0.3 is 28.4 Å². The Labute approximate surface area is 235 Å². The molecule has 2 atom stereocenters. The highest BCUT2D eigenvalue weighted by Gasteiger charge is 2.41. The number of fused-ring (bicyclic) bond motifs is 1. The van der Waals surface area contributed by atoms with Gasteiger partial charge in [-0.05, 0) is 70.3 Å². The molecule has 40 heavy (non-hydrogen) atoms. The zero-order valence-corrected chi connectivity index (χ0v) is 23.7. The second-order valence-electron chi connectivity index (χ2n) is 9.54. The van der Waals surface area contributed by atoms with Gasteiger partial charge in [0.1, 0.15) is 34.5 Å². The summed E-state index contributed by atoms with van der Waals surface area (Å²) in [4.78, 5) is 0. The van der Waals surface area contributed by atoms with E-state index in [1.807, 2.05) is 36.4 Å². The number of benzene rings is 4. The Hall–Kier alpha value is -4.58. The molecule has 0 heterocycles. The molecule has 5 rings (SSSR count). The number of ether oxygens (including phenoxy) is 6. The van der Waals surface area contributed by atoms with Crippen LogP contribution in [0, 0.1) is 0 Å². The first-order chi connectivity index (χ1) is 19.5. The minimum atomic E-state index is -0.0875. The van der Waals surface area contributed by atoms with E-state index in [9.17, 15) is 0 Å². The van der Waals surface area contributed by atoms with Crippen LogP contribution >= 0.6 is 0 Å². The van der Waals surface area contributed by atoms with Crippen molar-refractivity contribution >= 4 is 11.6 Å². The summed E-state index contributed by atoms with van der Waals surface area (Å²) < 4.78 is 34.0. The molecular weight excluding hydrogens is 504 g/mol. The normalized spacial score (nSPS) is 16.8. The summed E-state index contributed by atoms with van der Waals surface area (Å²) in [5.74, 6) is 4.42. The molecule has 6 heteroatoms. The minimum Gasteiger partial charge on any atom is -0.497 e. The topological polar surface area (TPSA) is 55.4 Å². The van der Waals surface area contributed by atoms with E-state index in [2.05, 4.69) is 48.5 Å². The molecule has 0 N–H and O–H groups in total. The van der Waals surface area contributed by atoms with E-state index in [0.29, 0.717) is 0 Å². The lowest BCUT2D eigenvalue weighted by Crippen LogP contribution is -2.09. The van der Waals surface area contributed by atoms with Crippen LogP contribution in [-0.4, -0.2) is 42.7 Å². The second-order valence-corrected chi connectivity index (χ2v) is 9.54. The maximum Gasteiger partial charge on any atom is 0.127 e. The van der Waals surface area contributed by atoms with Gasteiger partial charge in [0.05, 0.1) is 42.7 Å². The second kappa shape index (κ2) is 11.7. The van der Waals surface area contributed by atoms with Crippen molar-refractivity contribution in [1.29, 1.82) is 0 Å². The molecule has 4 aromatic rings. The Morgan fingerprint density at radius 1 is 0.475 bits per heavy atom. The van der Waals surface area contributed by atoms with E-state index in [1.165, 1.54) is 0 Å². The Morgan fingerprint density at radius 3 is 1.52 bits per heavy atom. The van der Waals surface area contributed by atoms with Gasteiger partial charge in [0.2, 0.25) is 0 Å². The number of rotatable bonds is 9. The van der Waals surface area contributed by atoms with Gasteiger partial charge in [0.25, 0.3) is 0 Å². The van der Waals surface area contributed by atoms with Crippen molar-refractivity contribution in [2.24, 2.45) is 0 Å². The standard InChI is InChI=1S/C34H34O6/c1-35-24-11-7-21(8-12-24)15-29-30-19-28(39-5)20-31(40-6)34(30)33(22-9-13-25(36-2)14-10-22)32(29)23-16-26(37-3)18-27(17-23)38-4/h7-20,32-33H,1-6H3/b29-15-/t32-,33+/m1/s1. The number of methoxy groups -OCH3 is 6. The summed E-state index contributed by atoms with van der Waals surface area (Å²) in [5, 5.41) is 0. The van der Waals surface area contributed by atoms with Gasteiger partial charge in [-0.25, -0.2) is 0 Å². The van der Waals surface area contributed by atoms with Crippen LogP contribution in [0.5, 0.6) is 34.5 Å². The Morgan fingerprint density at radius 2 is 1.00 bits per heavy atom. The van der Waals surface area contributed by atoms with Crippen LogP contribution < -0.4 is 28.4 Å². The summed E-state index contributed by atoms with van der Waals surface area (Å²) in [6.07, 6.45) is 2.23. The average Bonchev–Trinajstić information content (AvgIpc) is 3.34. The lowest BCUT2D eigenvalue weighted by molar-refractivity contribution is 0.389. The van der Waals surface area contributed by atoms with Crippen LogP contribution in [0.15, 0.2) is 78.9 Å². The first-order valence-electron chi connectivity index (χ1n) is 13.0. The van der Waals surface area contributed by atoms with Gasteiger partial charge in [-0.15, -0.1) is 0 Å². The number of allylic oxidation sites excluding steroid dienone is 1. The van der Waals surface area contributed by atoms with E-state index in [-0.39, 0.29) is 11.8 Å². The molecule has 0 aromatic heterocycles. The molecule has 4 aromatic carbocycles. The molecule has 1 aliphatic rings. The Balaban J connectivity index is 1.83. The fourth-order valence-electron chi connectivity index (χ4n) is 5.56. The van der Waals surface area contributed by atoms with Crippen LogP contribution in [0.3, 0.4) is 0 Å². The van der Waals surface area contributed by atoms with Crippen LogP contribution in [0.2, 0.25) is 0 Å². The molecule has 0 radical (unpaired) electrons. The van der Waals surface area contributed by atoms with Crippen molar-refractivity contribution in [3.8, 4) is 34.5 Å². The SMILES string of the molecule is COc1ccc(/C=C2/c3cc(OC)cc(OC)c3[C@@H](c3ccc(OC)cc3)[C@@H]2c2cc(OC)cc(OC)c2)cc1. The molecule has 0 saturated heterocycles. The quantitative estimate of drug-likeness (QED) is 0.225. The van der Waals surface area contributed by atoms with Crippen LogP contribution in [0.25, 0.3) is 11.6 Å². The summed E-state index contributed by atoms with van der Waals surface area (Å²) in [7, 11) is 10.1. The molecule has 0 unspecified atom stereocenters.